The summed E-state index contributed by atoms with van der Waals surface area (Å²) >= 11 is 1.82. The van der Waals surface area contributed by atoms with Gasteiger partial charge >= 0.3 is 0 Å². The molecule has 1 fully saturated rings. The van der Waals surface area contributed by atoms with Gasteiger partial charge in [0.1, 0.15) is 23.3 Å². The Morgan fingerprint density at radius 2 is 2.11 bits per heavy atom. The summed E-state index contributed by atoms with van der Waals surface area (Å²) in [5.41, 5.74) is 0.626. The lowest BCUT2D eigenvalue weighted by molar-refractivity contribution is 0.176. The first-order valence-corrected chi connectivity index (χ1v) is 7.76. The summed E-state index contributed by atoms with van der Waals surface area (Å²) in [6, 6.07) is 6.14. The summed E-state index contributed by atoms with van der Waals surface area (Å²) in [6.45, 7) is 0. The zero-order valence-corrected chi connectivity index (χ0v) is 11.5. The maximum absolute atomic E-state index is 13.1. The Morgan fingerprint density at radius 3 is 2.89 bits per heavy atom. The molecule has 1 aromatic carbocycles. The molecule has 1 aromatic heterocycles. The van der Waals surface area contributed by atoms with Crippen LogP contribution in [0.2, 0.25) is 0 Å². The van der Waals surface area contributed by atoms with Crippen molar-refractivity contribution in [1.29, 1.82) is 0 Å². The lowest BCUT2D eigenvalue weighted by atomic mass is 10.2. The molecule has 1 saturated carbocycles. The van der Waals surface area contributed by atoms with Crippen LogP contribution in [0.5, 0.6) is 0 Å². The minimum Gasteiger partial charge on any atom is -0.458 e. The largest absolute Gasteiger partial charge is 0.458 e. The van der Waals surface area contributed by atoms with Crippen molar-refractivity contribution in [2.24, 2.45) is 0 Å². The SMILES string of the molecule is OC(CSC1CCCC1)c1cc2cc(F)ccc2o1. The Morgan fingerprint density at radius 1 is 1.32 bits per heavy atom. The van der Waals surface area contributed by atoms with Crippen molar-refractivity contribution in [1.82, 2.24) is 0 Å². The van der Waals surface area contributed by atoms with Gasteiger partial charge in [0.2, 0.25) is 0 Å². The van der Waals surface area contributed by atoms with E-state index in [0.29, 0.717) is 27.7 Å². The molecule has 1 unspecified atom stereocenters. The van der Waals surface area contributed by atoms with Gasteiger partial charge in [-0.2, -0.15) is 11.8 Å². The number of aliphatic hydroxyl groups is 1. The van der Waals surface area contributed by atoms with E-state index in [1.165, 1.54) is 37.8 Å². The fourth-order valence-corrected chi connectivity index (χ4v) is 3.85. The Balaban J connectivity index is 1.68. The van der Waals surface area contributed by atoms with E-state index in [0.717, 1.165) is 0 Å². The van der Waals surface area contributed by atoms with E-state index < -0.39 is 6.10 Å². The minimum absolute atomic E-state index is 0.283. The van der Waals surface area contributed by atoms with E-state index in [2.05, 4.69) is 0 Å². The molecule has 2 nitrogen and oxygen atoms in total. The molecular weight excluding hydrogens is 263 g/mol. The lowest BCUT2D eigenvalue weighted by Gasteiger charge is -2.11. The fraction of sp³-hybridized carbons (Fsp3) is 0.467. The molecule has 19 heavy (non-hydrogen) atoms. The average Bonchev–Trinajstić information content (AvgIpc) is 3.04. The Kier molecular flexibility index (Phi) is 3.80. The van der Waals surface area contributed by atoms with E-state index in [9.17, 15) is 9.50 Å². The van der Waals surface area contributed by atoms with Gasteiger partial charge in [-0.15, -0.1) is 0 Å². The number of hydrogen-bond donors (Lipinski definition) is 1. The highest BCUT2D eigenvalue weighted by atomic mass is 32.2. The molecule has 1 N–H and O–H groups in total. The van der Waals surface area contributed by atoms with Gasteiger partial charge in [-0.05, 0) is 37.1 Å². The van der Waals surface area contributed by atoms with Crippen molar-refractivity contribution in [2.45, 2.75) is 37.0 Å². The van der Waals surface area contributed by atoms with E-state index in [4.69, 9.17) is 4.42 Å². The monoisotopic (exact) mass is 280 g/mol. The van der Waals surface area contributed by atoms with Gasteiger partial charge in [0.15, 0.2) is 0 Å². The average molecular weight is 280 g/mol. The summed E-state index contributed by atoms with van der Waals surface area (Å²) in [5.74, 6) is 0.897. The number of aliphatic hydroxyl groups excluding tert-OH is 1. The van der Waals surface area contributed by atoms with Crippen LogP contribution in [0.15, 0.2) is 28.7 Å². The van der Waals surface area contributed by atoms with Crippen LogP contribution in [0.1, 0.15) is 37.5 Å². The third-order valence-corrected chi connectivity index (χ3v) is 5.07. The zero-order valence-electron chi connectivity index (χ0n) is 10.6. The Bertz CT molecular complexity index is 560. The second kappa shape index (κ2) is 5.55. The van der Waals surface area contributed by atoms with Crippen molar-refractivity contribution in [2.75, 3.05) is 5.75 Å². The van der Waals surface area contributed by atoms with Gasteiger partial charge < -0.3 is 9.52 Å². The van der Waals surface area contributed by atoms with Gasteiger partial charge in [-0.3, -0.25) is 0 Å². The van der Waals surface area contributed by atoms with E-state index in [-0.39, 0.29) is 5.82 Å². The van der Waals surface area contributed by atoms with Gasteiger partial charge in [0.05, 0.1) is 0 Å². The van der Waals surface area contributed by atoms with Crippen molar-refractivity contribution in [3.63, 3.8) is 0 Å². The highest BCUT2D eigenvalue weighted by Gasteiger charge is 2.19. The highest BCUT2D eigenvalue weighted by Crippen LogP contribution is 2.33. The molecular formula is C15H17FO2S. The van der Waals surface area contributed by atoms with Crippen LogP contribution < -0.4 is 0 Å². The van der Waals surface area contributed by atoms with Crippen LogP contribution in [0, 0.1) is 5.82 Å². The number of halogens is 1. The molecule has 102 valence electrons. The maximum Gasteiger partial charge on any atom is 0.134 e. The molecule has 0 spiro atoms. The van der Waals surface area contributed by atoms with Crippen LogP contribution in [0.4, 0.5) is 4.39 Å². The van der Waals surface area contributed by atoms with Gasteiger partial charge in [-0.25, -0.2) is 4.39 Å². The quantitative estimate of drug-likeness (QED) is 0.907. The molecule has 1 heterocycles. The molecule has 1 aliphatic rings. The minimum atomic E-state index is -0.610. The van der Waals surface area contributed by atoms with Gasteiger partial charge in [0.25, 0.3) is 0 Å². The number of furan rings is 1. The summed E-state index contributed by atoms with van der Waals surface area (Å²) in [5, 5.41) is 11.5. The fourth-order valence-electron chi connectivity index (χ4n) is 2.56. The van der Waals surface area contributed by atoms with Crippen molar-refractivity contribution in [3.8, 4) is 0 Å². The molecule has 0 saturated heterocycles. The zero-order chi connectivity index (χ0) is 13.2. The second-order valence-electron chi connectivity index (χ2n) is 5.09. The van der Waals surface area contributed by atoms with E-state index in [1.54, 1.807) is 12.1 Å². The first-order valence-electron chi connectivity index (χ1n) is 6.71. The normalized spacial score (nSPS) is 18.2. The standard InChI is InChI=1S/C15H17FO2S/c16-11-5-6-14-10(7-11)8-15(18-14)13(17)9-19-12-3-1-2-4-12/h5-8,12-13,17H,1-4,9H2. The van der Waals surface area contributed by atoms with Crippen LogP contribution in [-0.4, -0.2) is 16.1 Å². The van der Waals surface area contributed by atoms with Crippen LogP contribution in [-0.2, 0) is 0 Å². The molecule has 3 rings (SSSR count). The van der Waals surface area contributed by atoms with Crippen molar-refractivity contribution < 1.29 is 13.9 Å². The van der Waals surface area contributed by atoms with Crippen LogP contribution in [0.3, 0.4) is 0 Å². The lowest BCUT2D eigenvalue weighted by Crippen LogP contribution is -2.03. The third-order valence-electron chi connectivity index (χ3n) is 3.62. The summed E-state index contributed by atoms with van der Waals surface area (Å²) in [4.78, 5) is 0. The summed E-state index contributed by atoms with van der Waals surface area (Å²) < 4.78 is 18.7. The number of hydrogen-bond acceptors (Lipinski definition) is 3. The maximum atomic E-state index is 13.1. The topological polar surface area (TPSA) is 33.4 Å². The first-order chi connectivity index (χ1) is 9.22. The molecule has 2 aromatic rings. The van der Waals surface area contributed by atoms with Crippen molar-refractivity contribution >= 4 is 22.7 Å². The smallest absolute Gasteiger partial charge is 0.134 e. The number of benzene rings is 1. The molecule has 0 aliphatic heterocycles. The predicted molar refractivity (Wildman–Crippen MR) is 75.8 cm³/mol. The van der Waals surface area contributed by atoms with Crippen LogP contribution >= 0.6 is 11.8 Å². The Labute approximate surface area is 116 Å². The first kappa shape index (κ1) is 13.0. The summed E-state index contributed by atoms with van der Waals surface area (Å²) in [7, 11) is 0. The van der Waals surface area contributed by atoms with Crippen molar-refractivity contribution in [3.05, 3.63) is 35.8 Å². The van der Waals surface area contributed by atoms with E-state index >= 15 is 0 Å². The molecule has 0 radical (unpaired) electrons. The summed E-state index contributed by atoms with van der Waals surface area (Å²) in [6.07, 6.45) is 4.50. The molecule has 4 heteroatoms. The molecule has 0 bridgehead atoms. The third kappa shape index (κ3) is 2.95. The highest BCUT2D eigenvalue weighted by molar-refractivity contribution is 7.99. The Hall–Kier alpha value is -1.00. The van der Waals surface area contributed by atoms with E-state index in [1.807, 2.05) is 11.8 Å². The van der Waals surface area contributed by atoms with Gasteiger partial charge in [-0.1, -0.05) is 12.8 Å². The molecule has 0 amide bonds. The van der Waals surface area contributed by atoms with Crippen LogP contribution in [0.25, 0.3) is 11.0 Å². The predicted octanol–water partition coefficient (Wildman–Crippen LogP) is 4.28. The number of rotatable bonds is 4. The van der Waals surface area contributed by atoms with Gasteiger partial charge in [0, 0.05) is 16.4 Å². The number of thioether (sulfide) groups is 1. The second-order valence-corrected chi connectivity index (χ2v) is 6.42. The molecule has 1 atom stereocenters. The number of fused-ring (bicyclic) bond motifs is 1. The molecule has 1 aliphatic carbocycles.